The summed E-state index contributed by atoms with van der Waals surface area (Å²) in [5, 5.41) is 0.650. The second-order valence-electron chi connectivity index (χ2n) is 4.28. The summed E-state index contributed by atoms with van der Waals surface area (Å²) in [5.74, 6) is 0.825. The van der Waals surface area contributed by atoms with Crippen LogP contribution in [-0.2, 0) is 6.54 Å². The zero-order valence-corrected chi connectivity index (χ0v) is 11.2. The van der Waals surface area contributed by atoms with Gasteiger partial charge in [0.25, 0.3) is 0 Å². The van der Waals surface area contributed by atoms with Gasteiger partial charge in [-0.25, -0.2) is 4.98 Å². The molecule has 0 spiro atoms. The molecule has 1 aromatic carbocycles. The number of aryl methyl sites for hydroxylation is 1. The van der Waals surface area contributed by atoms with Gasteiger partial charge in [-0.15, -0.1) is 0 Å². The first-order chi connectivity index (χ1) is 9.20. The molecule has 0 unspecified atom stereocenters. The number of nitrogens with zero attached hydrogens (tertiary/aromatic N) is 3. The van der Waals surface area contributed by atoms with E-state index in [1.54, 1.807) is 24.5 Å². The van der Waals surface area contributed by atoms with Crippen LogP contribution in [0, 0.1) is 0 Å². The van der Waals surface area contributed by atoms with E-state index in [1.165, 1.54) is 0 Å². The van der Waals surface area contributed by atoms with Gasteiger partial charge in [0.1, 0.15) is 11.3 Å². The molecule has 0 saturated heterocycles. The highest BCUT2D eigenvalue weighted by molar-refractivity contribution is 6.31. The van der Waals surface area contributed by atoms with Crippen molar-refractivity contribution in [1.82, 2.24) is 14.5 Å². The van der Waals surface area contributed by atoms with Crippen LogP contribution in [-0.4, -0.2) is 14.5 Å². The summed E-state index contributed by atoms with van der Waals surface area (Å²) in [5.41, 5.74) is 9.47. The average Bonchev–Trinajstić information content (AvgIpc) is 2.79. The van der Waals surface area contributed by atoms with Crippen LogP contribution in [0.3, 0.4) is 0 Å². The molecule has 0 amide bonds. The van der Waals surface area contributed by atoms with Crippen LogP contribution in [0.15, 0.2) is 36.7 Å². The minimum absolute atomic E-state index is 0.650. The maximum absolute atomic E-state index is 6.06. The predicted molar refractivity (Wildman–Crippen MR) is 78.1 cm³/mol. The highest BCUT2D eigenvalue weighted by atomic mass is 35.5. The van der Waals surface area contributed by atoms with Crippen LogP contribution in [0.5, 0.6) is 0 Å². The molecule has 0 saturated carbocycles. The number of hydrogen-bond donors (Lipinski definition) is 1. The lowest BCUT2D eigenvalue weighted by Crippen LogP contribution is -2.00. The van der Waals surface area contributed by atoms with E-state index >= 15 is 0 Å². The standard InChI is InChI=1S/C14H13ClN4/c1-2-19-13-5-6-17-8-12(13)18-14(19)10-7-9(15)3-4-11(10)16/h3-8H,2,16H2,1H3. The van der Waals surface area contributed by atoms with E-state index in [4.69, 9.17) is 17.3 Å². The van der Waals surface area contributed by atoms with Gasteiger partial charge in [0.05, 0.1) is 11.7 Å². The van der Waals surface area contributed by atoms with Gasteiger partial charge in [0.15, 0.2) is 0 Å². The number of fused-ring (bicyclic) bond motifs is 1. The maximum atomic E-state index is 6.06. The van der Waals surface area contributed by atoms with E-state index in [0.29, 0.717) is 10.7 Å². The molecule has 2 N–H and O–H groups in total. The van der Waals surface area contributed by atoms with Crippen molar-refractivity contribution in [2.45, 2.75) is 13.5 Å². The molecule has 3 rings (SSSR count). The second kappa shape index (κ2) is 4.55. The molecule has 19 heavy (non-hydrogen) atoms. The first-order valence-corrected chi connectivity index (χ1v) is 6.44. The Morgan fingerprint density at radius 3 is 2.95 bits per heavy atom. The summed E-state index contributed by atoms with van der Waals surface area (Å²) in [4.78, 5) is 8.72. The topological polar surface area (TPSA) is 56.7 Å². The summed E-state index contributed by atoms with van der Waals surface area (Å²) in [6, 6.07) is 7.38. The van der Waals surface area contributed by atoms with Crippen molar-refractivity contribution in [2.75, 3.05) is 5.73 Å². The molecule has 0 aliphatic carbocycles. The Bertz CT molecular complexity index is 748. The van der Waals surface area contributed by atoms with Crippen LogP contribution in [0.2, 0.25) is 5.02 Å². The van der Waals surface area contributed by atoms with E-state index in [-0.39, 0.29) is 0 Å². The number of anilines is 1. The Labute approximate surface area is 115 Å². The SMILES string of the molecule is CCn1c(-c2cc(Cl)ccc2N)nc2cnccc21. The van der Waals surface area contributed by atoms with Crippen molar-refractivity contribution in [1.29, 1.82) is 0 Å². The molecule has 3 aromatic rings. The summed E-state index contributed by atoms with van der Waals surface area (Å²) in [6.45, 7) is 2.88. The monoisotopic (exact) mass is 272 g/mol. The number of nitrogen functional groups attached to an aromatic ring is 1. The molecule has 0 fully saturated rings. The third-order valence-electron chi connectivity index (χ3n) is 3.12. The van der Waals surface area contributed by atoms with Crippen molar-refractivity contribution in [3.8, 4) is 11.4 Å². The largest absolute Gasteiger partial charge is 0.398 e. The Morgan fingerprint density at radius 2 is 2.16 bits per heavy atom. The van der Waals surface area contributed by atoms with Crippen LogP contribution >= 0.6 is 11.6 Å². The number of pyridine rings is 1. The van der Waals surface area contributed by atoms with Gasteiger partial charge in [0.2, 0.25) is 0 Å². The molecule has 0 aliphatic rings. The third-order valence-corrected chi connectivity index (χ3v) is 3.36. The molecule has 5 heteroatoms. The zero-order valence-electron chi connectivity index (χ0n) is 10.5. The molecule has 4 nitrogen and oxygen atoms in total. The molecule has 2 aromatic heterocycles. The van der Waals surface area contributed by atoms with Gasteiger partial charge in [-0.1, -0.05) is 11.6 Å². The first kappa shape index (κ1) is 12.0. The molecule has 96 valence electrons. The van der Waals surface area contributed by atoms with Gasteiger partial charge in [-0.05, 0) is 31.2 Å². The lowest BCUT2D eigenvalue weighted by Gasteiger charge is -2.08. The Balaban J connectivity index is 2.33. The quantitative estimate of drug-likeness (QED) is 0.728. The van der Waals surface area contributed by atoms with Crippen molar-refractivity contribution in [2.24, 2.45) is 0 Å². The number of aromatic nitrogens is 3. The molecular formula is C14H13ClN4. The maximum Gasteiger partial charge on any atom is 0.143 e. The van der Waals surface area contributed by atoms with Gasteiger partial charge in [-0.3, -0.25) is 4.98 Å². The summed E-state index contributed by atoms with van der Waals surface area (Å²) < 4.78 is 2.11. The highest BCUT2D eigenvalue weighted by Crippen LogP contribution is 2.30. The van der Waals surface area contributed by atoms with Crippen LogP contribution in [0.25, 0.3) is 22.4 Å². The summed E-state index contributed by atoms with van der Waals surface area (Å²) >= 11 is 6.06. The first-order valence-electron chi connectivity index (χ1n) is 6.06. The lowest BCUT2D eigenvalue weighted by atomic mass is 10.1. The number of imidazole rings is 1. The molecular weight excluding hydrogens is 260 g/mol. The molecule has 0 bridgehead atoms. The van der Waals surface area contributed by atoms with Gasteiger partial charge < -0.3 is 10.3 Å². The van der Waals surface area contributed by atoms with Gasteiger partial charge in [0, 0.05) is 29.0 Å². The fourth-order valence-electron chi connectivity index (χ4n) is 2.23. The number of nitrogens with two attached hydrogens (primary N) is 1. The smallest absolute Gasteiger partial charge is 0.143 e. The van der Waals surface area contributed by atoms with Gasteiger partial charge in [-0.2, -0.15) is 0 Å². The normalized spacial score (nSPS) is 11.1. The fraction of sp³-hybridized carbons (Fsp3) is 0.143. The molecule has 0 atom stereocenters. The second-order valence-corrected chi connectivity index (χ2v) is 4.71. The summed E-state index contributed by atoms with van der Waals surface area (Å²) in [6.07, 6.45) is 3.52. The van der Waals surface area contributed by atoms with E-state index in [1.807, 2.05) is 12.1 Å². The van der Waals surface area contributed by atoms with Crippen LogP contribution < -0.4 is 5.73 Å². The number of halogens is 1. The van der Waals surface area contributed by atoms with Crippen molar-refractivity contribution >= 4 is 28.3 Å². The Morgan fingerprint density at radius 1 is 1.32 bits per heavy atom. The van der Waals surface area contributed by atoms with E-state index in [0.717, 1.165) is 29.0 Å². The predicted octanol–water partition coefficient (Wildman–Crippen LogP) is 3.35. The number of benzene rings is 1. The lowest BCUT2D eigenvalue weighted by molar-refractivity contribution is 0.796. The molecule has 0 radical (unpaired) electrons. The molecule has 0 aliphatic heterocycles. The third kappa shape index (κ3) is 1.94. The summed E-state index contributed by atoms with van der Waals surface area (Å²) in [7, 11) is 0. The Hall–Kier alpha value is -2.07. The van der Waals surface area contributed by atoms with Crippen LogP contribution in [0.1, 0.15) is 6.92 Å². The fourth-order valence-corrected chi connectivity index (χ4v) is 2.40. The average molecular weight is 273 g/mol. The molecule has 2 heterocycles. The van der Waals surface area contributed by atoms with Crippen molar-refractivity contribution < 1.29 is 0 Å². The number of rotatable bonds is 2. The zero-order chi connectivity index (χ0) is 13.4. The highest BCUT2D eigenvalue weighted by Gasteiger charge is 2.14. The number of hydrogen-bond acceptors (Lipinski definition) is 3. The Kier molecular flexibility index (Phi) is 2.87. The van der Waals surface area contributed by atoms with E-state index < -0.39 is 0 Å². The van der Waals surface area contributed by atoms with E-state index in [2.05, 4.69) is 21.5 Å². The minimum Gasteiger partial charge on any atom is -0.398 e. The van der Waals surface area contributed by atoms with E-state index in [9.17, 15) is 0 Å². The van der Waals surface area contributed by atoms with Crippen molar-refractivity contribution in [3.05, 3.63) is 41.7 Å². The van der Waals surface area contributed by atoms with Crippen LogP contribution in [0.4, 0.5) is 5.69 Å². The van der Waals surface area contributed by atoms with Crippen molar-refractivity contribution in [3.63, 3.8) is 0 Å². The van der Waals surface area contributed by atoms with Gasteiger partial charge >= 0.3 is 0 Å². The minimum atomic E-state index is 0.650.